The van der Waals surface area contributed by atoms with E-state index in [1.54, 1.807) is 0 Å². The van der Waals surface area contributed by atoms with Crippen molar-refractivity contribution in [3.05, 3.63) is 64.1 Å². The highest BCUT2D eigenvalue weighted by atomic mass is 79.9. The Balaban J connectivity index is 1.42. The second kappa shape index (κ2) is 10.8. The third-order valence-electron chi connectivity index (χ3n) is 5.81. The minimum absolute atomic E-state index is 0.131. The lowest BCUT2D eigenvalue weighted by molar-refractivity contribution is -0.126. The van der Waals surface area contributed by atoms with Crippen LogP contribution in [0.2, 0.25) is 0 Å². The number of anilines is 1. The second-order valence-corrected chi connectivity index (χ2v) is 8.65. The fourth-order valence-corrected chi connectivity index (χ4v) is 4.21. The van der Waals surface area contributed by atoms with E-state index in [2.05, 4.69) is 93.4 Å². The van der Waals surface area contributed by atoms with Crippen LogP contribution in [-0.4, -0.2) is 37.0 Å². The SMILES string of the molecule is CCN(CC)c1ccc(CNC(=O)C2CCN(Cc3ccc(Br)cc3)CC2)cc1. The topological polar surface area (TPSA) is 35.6 Å². The van der Waals surface area contributed by atoms with Crippen molar-refractivity contribution in [3.63, 3.8) is 0 Å². The molecule has 1 saturated heterocycles. The Hall–Kier alpha value is -1.85. The van der Waals surface area contributed by atoms with Crippen molar-refractivity contribution in [2.24, 2.45) is 5.92 Å². The van der Waals surface area contributed by atoms with E-state index in [0.717, 1.165) is 55.6 Å². The molecule has 2 aromatic carbocycles. The molecular formula is C24H32BrN3O. The second-order valence-electron chi connectivity index (χ2n) is 7.73. The average Bonchev–Trinajstić information content (AvgIpc) is 2.76. The third kappa shape index (κ3) is 6.31. The van der Waals surface area contributed by atoms with E-state index in [-0.39, 0.29) is 11.8 Å². The number of hydrogen-bond acceptors (Lipinski definition) is 3. The summed E-state index contributed by atoms with van der Waals surface area (Å²) in [6, 6.07) is 17.0. The van der Waals surface area contributed by atoms with Crippen molar-refractivity contribution in [1.82, 2.24) is 10.2 Å². The Labute approximate surface area is 183 Å². The van der Waals surface area contributed by atoms with Gasteiger partial charge in [-0.15, -0.1) is 0 Å². The van der Waals surface area contributed by atoms with Crippen LogP contribution in [-0.2, 0) is 17.9 Å². The first-order valence-electron chi connectivity index (χ1n) is 10.7. The summed E-state index contributed by atoms with van der Waals surface area (Å²) in [6.07, 6.45) is 1.87. The van der Waals surface area contributed by atoms with Crippen LogP contribution in [0.25, 0.3) is 0 Å². The van der Waals surface area contributed by atoms with Gasteiger partial charge in [-0.1, -0.05) is 40.2 Å². The molecule has 1 fully saturated rings. The van der Waals surface area contributed by atoms with Gasteiger partial charge in [-0.05, 0) is 75.2 Å². The summed E-state index contributed by atoms with van der Waals surface area (Å²) in [6.45, 7) is 9.88. The van der Waals surface area contributed by atoms with Crippen molar-refractivity contribution in [3.8, 4) is 0 Å². The number of likely N-dealkylation sites (tertiary alicyclic amines) is 1. The maximum atomic E-state index is 12.6. The summed E-state index contributed by atoms with van der Waals surface area (Å²) >= 11 is 3.48. The van der Waals surface area contributed by atoms with Crippen LogP contribution in [0.4, 0.5) is 5.69 Å². The third-order valence-corrected chi connectivity index (χ3v) is 6.34. The molecule has 0 aromatic heterocycles. The van der Waals surface area contributed by atoms with E-state index in [1.807, 2.05) is 0 Å². The van der Waals surface area contributed by atoms with Crippen molar-refractivity contribution in [1.29, 1.82) is 0 Å². The number of carbonyl (C=O) groups excluding carboxylic acids is 1. The molecule has 4 nitrogen and oxygen atoms in total. The Bertz CT molecular complexity index is 764. The highest BCUT2D eigenvalue weighted by molar-refractivity contribution is 9.10. The first kappa shape index (κ1) is 21.8. The molecule has 1 amide bonds. The lowest BCUT2D eigenvalue weighted by Crippen LogP contribution is -2.40. The molecule has 156 valence electrons. The van der Waals surface area contributed by atoms with E-state index in [4.69, 9.17) is 0 Å². The maximum absolute atomic E-state index is 12.6. The molecular weight excluding hydrogens is 426 g/mol. The van der Waals surface area contributed by atoms with Gasteiger partial charge in [0.15, 0.2) is 0 Å². The molecule has 5 heteroatoms. The van der Waals surface area contributed by atoms with E-state index in [1.165, 1.54) is 11.3 Å². The quantitative estimate of drug-likeness (QED) is 0.616. The minimum atomic E-state index is 0.131. The molecule has 29 heavy (non-hydrogen) atoms. The molecule has 1 aliphatic rings. The first-order valence-corrected chi connectivity index (χ1v) is 11.5. The number of carbonyl (C=O) groups is 1. The first-order chi connectivity index (χ1) is 14.1. The molecule has 0 spiro atoms. The lowest BCUT2D eigenvalue weighted by Gasteiger charge is -2.31. The minimum Gasteiger partial charge on any atom is -0.372 e. The van der Waals surface area contributed by atoms with Gasteiger partial charge < -0.3 is 10.2 Å². The predicted molar refractivity (Wildman–Crippen MR) is 124 cm³/mol. The Morgan fingerprint density at radius 1 is 1.00 bits per heavy atom. The summed E-state index contributed by atoms with van der Waals surface area (Å²) in [5, 5.41) is 3.14. The van der Waals surface area contributed by atoms with Gasteiger partial charge in [-0.25, -0.2) is 0 Å². The standard InChI is InChI=1S/C24H32BrN3O/c1-3-28(4-2)23-11-7-19(8-12-23)17-26-24(29)21-13-15-27(16-14-21)18-20-5-9-22(25)10-6-20/h5-12,21H,3-4,13-18H2,1-2H3,(H,26,29). The molecule has 0 radical (unpaired) electrons. The summed E-state index contributed by atoms with van der Waals surface area (Å²) < 4.78 is 1.11. The van der Waals surface area contributed by atoms with Gasteiger partial charge >= 0.3 is 0 Å². The molecule has 1 heterocycles. The molecule has 0 aliphatic carbocycles. The Kier molecular flexibility index (Phi) is 8.13. The maximum Gasteiger partial charge on any atom is 0.223 e. The van der Waals surface area contributed by atoms with Crippen molar-refractivity contribution >= 4 is 27.5 Å². The van der Waals surface area contributed by atoms with Gasteiger partial charge in [-0.2, -0.15) is 0 Å². The van der Waals surface area contributed by atoms with Crippen LogP contribution in [0.15, 0.2) is 53.0 Å². The average molecular weight is 458 g/mol. The number of benzene rings is 2. The van der Waals surface area contributed by atoms with Gasteiger partial charge in [0.25, 0.3) is 0 Å². The van der Waals surface area contributed by atoms with Crippen LogP contribution in [0, 0.1) is 5.92 Å². The van der Waals surface area contributed by atoms with Gasteiger partial charge in [0.1, 0.15) is 0 Å². The highest BCUT2D eigenvalue weighted by Crippen LogP contribution is 2.21. The van der Waals surface area contributed by atoms with Crippen molar-refractivity contribution in [2.45, 2.75) is 39.8 Å². The zero-order valence-corrected chi connectivity index (χ0v) is 19.1. The number of halogens is 1. The number of hydrogen-bond donors (Lipinski definition) is 1. The van der Waals surface area contributed by atoms with E-state index >= 15 is 0 Å². The zero-order chi connectivity index (χ0) is 20.6. The molecule has 0 bridgehead atoms. The van der Waals surface area contributed by atoms with E-state index in [9.17, 15) is 4.79 Å². The molecule has 2 aromatic rings. The van der Waals surface area contributed by atoms with E-state index in [0.29, 0.717) is 6.54 Å². The van der Waals surface area contributed by atoms with Crippen LogP contribution >= 0.6 is 15.9 Å². The van der Waals surface area contributed by atoms with Crippen molar-refractivity contribution in [2.75, 3.05) is 31.1 Å². The Morgan fingerprint density at radius 3 is 2.17 bits per heavy atom. The van der Waals surface area contributed by atoms with Crippen LogP contribution in [0.1, 0.15) is 37.8 Å². The number of piperidine rings is 1. The van der Waals surface area contributed by atoms with Crippen LogP contribution < -0.4 is 10.2 Å². The molecule has 1 aliphatic heterocycles. The van der Waals surface area contributed by atoms with Gasteiger partial charge in [-0.3, -0.25) is 9.69 Å². The fourth-order valence-electron chi connectivity index (χ4n) is 3.95. The molecule has 0 saturated carbocycles. The highest BCUT2D eigenvalue weighted by Gasteiger charge is 2.24. The van der Waals surface area contributed by atoms with E-state index < -0.39 is 0 Å². The van der Waals surface area contributed by atoms with Gasteiger partial charge in [0.2, 0.25) is 5.91 Å². The molecule has 0 atom stereocenters. The monoisotopic (exact) mass is 457 g/mol. The molecule has 3 rings (SSSR count). The largest absolute Gasteiger partial charge is 0.372 e. The summed E-state index contributed by atoms with van der Waals surface area (Å²) in [4.78, 5) is 17.4. The predicted octanol–water partition coefficient (Wildman–Crippen LogP) is 4.82. The fraction of sp³-hybridized carbons (Fsp3) is 0.458. The molecule has 1 N–H and O–H groups in total. The van der Waals surface area contributed by atoms with Gasteiger partial charge in [0, 0.05) is 42.3 Å². The normalized spacial score (nSPS) is 15.3. The zero-order valence-electron chi connectivity index (χ0n) is 17.5. The van der Waals surface area contributed by atoms with Crippen molar-refractivity contribution < 1.29 is 4.79 Å². The molecule has 0 unspecified atom stereocenters. The Morgan fingerprint density at radius 2 is 1.59 bits per heavy atom. The number of amides is 1. The lowest BCUT2D eigenvalue weighted by atomic mass is 9.95. The summed E-state index contributed by atoms with van der Waals surface area (Å²) in [5.41, 5.74) is 3.72. The van der Waals surface area contributed by atoms with Crippen LogP contribution in [0.5, 0.6) is 0 Å². The van der Waals surface area contributed by atoms with Gasteiger partial charge in [0.05, 0.1) is 0 Å². The summed E-state index contributed by atoms with van der Waals surface area (Å²) in [7, 11) is 0. The van der Waals surface area contributed by atoms with Crippen LogP contribution in [0.3, 0.4) is 0 Å². The smallest absolute Gasteiger partial charge is 0.223 e. The number of nitrogens with one attached hydrogen (secondary N) is 1. The number of rotatable bonds is 8. The summed E-state index contributed by atoms with van der Waals surface area (Å²) in [5.74, 6) is 0.326. The number of nitrogens with zero attached hydrogens (tertiary/aromatic N) is 2.